The number of fused-ring (bicyclic) bond motifs is 2. The smallest absolute Gasteiger partial charge is 0.287 e. The highest BCUT2D eigenvalue weighted by molar-refractivity contribution is 6.36. The van der Waals surface area contributed by atoms with Gasteiger partial charge in [0.2, 0.25) is 17.6 Å². The van der Waals surface area contributed by atoms with Crippen LogP contribution < -0.4 is 26.8 Å². The van der Waals surface area contributed by atoms with Crippen LogP contribution in [0, 0.1) is 36.5 Å². The van der Waals surface area contributed by atoms with E-state index < -0.39 is 35.1 Å². The van der Waals surface area contributed by atoms with Crippen molar-refractivity contribution in [3.05, 3.63) is 64.3 Å². The number of likely N-dealkylation sites (N-methyl/N-ethyl adjacent to an activating group) is 1. The van der Waals surface area contributed by atoms with Gasteiger partial charge in [0.05, 0.1) is 0 Å². The zero-order valence-electron chi connectivity index (χ0n) is 29.2. The number of ketones is 1. The third-order valence-electron chi connectivity index (χ3n) is 11.4. The van der Waals surface area contributed by atoms with Crippen molar-refractivity contribution in [2.24, 2.45) is 29.6 Å². The number of hydrogen-bond donors (Lipinski definition) is 4. The summed E-state index contributed by atoms with van der Waals surface area (Å²) in [6, 6.07) is 8.79. The maximum atomic E-state index is 13.6. The Morgan fingerprint density at radius 3 is 2.56 bits per heavy atom. The minimum atomic E-state index is -1.30. The molecule has 3 saturated carbocycles. The summed E-state index contributed by atoms with van der Waals surface area (Å²) in [5.74, 6) is 0.110. The molecule has 0 spiro atoms. The van der Waals surface area contributed by atoms with Crippen molar-refractivity contribution in [2.75, 3.05) is 12.4 Å². The number of aromatic nitrogens is 1. The summed E-state index contributed by atoms with van der Waals surface area (Å²) >= 11 is 0. The first kappa shape index (κ1) is 35.1. The van der Waals surface area contributed by atoms with E-state index in [0.717, 1.165) is 30.1 Å². The van der Waals surface area contributed by atoms with Gasteiger partial charge in [0, 0.05) is 36.2 Å². The molecular formula is C38H47N5O7. The standard InChI is InChI=1S/C38H47N5O7/c1-21-16-23-11-12-24-18-38(3,19-27(21)26(24)17-23)42-32(45)20-43-15-7-9-29(37(43)49)41-34(46)28(13-14-30(44)35(47)39-4)40-36(48)33-22(2)25-8-5-6-10-31(25)50-33/h5-10,15,21,23-24,26-28H,11-14,16-20H2,1-4H3,(H,39,47)(H,40,48)(H,41,46)(H,42,45)/t21?,23-,24?,26?,27?,28?,38?/m0/s1. The minimum absolute atomic E-state index is 0.00233. The number of rotatable bonds is 11. The Balaban J connectivity index is 1.14. The summed E-state index contributed by atoms with van der Waals surface area (Å²) in [5.41, 5.74) is 0.0277. The van der Waals surface area contributed by atoms with Gasteiger partial charge in [0.25, 0.3) is 17.4 Å². The maximum absolute atomic E-state index is 13.6. The molecule has 3 aliphatic carbocycles. The molecule has 2 bridgehead atoms. The normalized spacial score (nSPS) is 26.0. The van der Waals surface area contributed by atoms with Crippen molar-refractivity contribution in [3.63, 3.8) is 0 Å². The van der Waals surface area contributed by atoms with Crippen LogP contribution in [0.5, 0.6) is 0 Å². The van der Waals surface area contributed by atoms with Crippen molar-refractivity contribution < 1.29 is 28.4 Å². The first-order valence-electron chi connectivity index (χ1n) is 17.7. The summed E-state index contributed by atoms with van der Waals surface area (Å²) in [5, 5.41) is 11.4. The van der Waals surface area contributed by atoms with E-state index in [4.69, 9.17) is 4.42 Å². The third-order valence-corrected chi connectivity index (χ3v) is 11.4. The Bertz CT molecular complexity index is 1880. The van der Waals surface area contributed by atoms with Crippen molar-refractivity contribution in [3.8, 4) is 0 Å². The van der Waals surface area contributed by atoms with Gasteiger partial charge in [-0.25, -0.2) is 0 Å². The molecular weight excluding hydrogens is 638 g/mol. The Morgan fingerprint density at radius 2 is 1.80 bits per heavy atom. The maximum Gasteiger partial charge on any atom is 0.287 e. The molecule has 1 aromatic carbocycles. The largest absolute Gasteiger partial charge is 0.451 e. The number of furan rings is 1. The number of nitrogens with one attached hydrogen (secondary N) is 4. The van der Waals surface area contributed by atoms with Gasteiger partial charge in [-0.3, -0.25) is 28.8 Å². The Hall–Kier alpha value is -4.74. The monoisotopic (exact) mass is 685 g/mol. The SMILES string of the molecule is CNC(=O)C(=O)CCC(NC(=O)c1oc2ccccc2c1C)C(=O)Nc1cccn(CC(=O)NC2(C)CC3CC[C@H]4CC(C)C(C2)C3C4)c1=O. The number of carbonyl (C=O) groups is 5. The molecule has 0 saturated heterocycles. The third kappa shape index (κ3) is 7.25. The lowest BCUT2D eigenvalue weighted by molar-refractivity contribution is -0.137. The van der Waals surface area contributed by atoms with Gasteiger partial charge in [0.1, 0.15) is 23.9 Å². The zero-order valence-corrected chi connectivity index (χ0v) is 29.2. The highest BCUT2D eigenvalue weighted by Gasteiger charge is 2.50. The average Bonchev–Trinajstić information content (AvgIpc) is 3.43. The fraction of sp³-hybridized carbons (Fsp3) is 0.526. The first-order chi connectivity index (χ1) is 23.9. The van der Waals surface area contributed by atoms with Gasteiger partial charge in [0.15, 0.2) is 5.76 Å². The second-order valence-electron chi connectivity index (χ2n) is 15.0. The highest BCUT2D eigenvalue weighted by Crippen LogP contribution is 2.56. The molecule has 4 amide bonds. The summed E-state index contributed by atoms with van der Waals surface area (Å²) in [4.78, 5) is 78.0. The lowest BCUT2D eigenvalue weighted by Gasteiger charge is -2.56. The molecule has 7 atom stereocenters. The molecule has 6 unspecified atom stereocenters. The van der Waals surface area contributed by atoms with Gasteiger partial charge in [-0.05, 0) is 100 Å². The molecule has 12 heteroatoms. The van der Waals surface area contributed by atoms with Gasteiger partial charge in [-0.15, -0.1) is 0 Å². The van der Waals surface area contributed by atoms with E-state index in [1.165, 1.54) is 49.6 Å². The zero-order chi connectivity index (χ0) is 35.7. The van der Waals surface area contributed by atoms with Crippen LogP contribution in [0.4, 0.5) is 5.69 Å². The Morgan fingerprint density at radius 1 is 1.02 bits per heavy atom. The molecule has 0 radical (unpaired) electrons. The predicted octanol–water partition coefficient (Wildman–Crippen LogP) is 4.09. The molecule has 2 aromatic heterocycles. The van der Waals surface area contributed by atoms with E-state index in [-0.39, 0.29) is 42.3 Å². The number of Topliss-reactive ketones (excluding diaryl/α,β-unsaturated/α-hetero) is 1. The number of benzene rings is 1. The van der Waals surface area contributed by atoms with Gasteiger partial charge >= 0.3 is 0 Å². The minimum Gasteiger partial charge on any atom is -0.451 e. The summed E-state index contributed by atoms with van der Waals surface area (Å²) in [7, 11) is 1.32. The number of aryl methyl sites for hydroxylation is 1. The summed E-state index contributed by atoms with van der Waals surface area (Å²) in [6.45, 7) is 5.99. The van der Waals surface area contributed by atoms with Crippen LogP contribution in [-0.4, -0.2) is 52.6 Å². The van der Waals surface area contributed by atoms with E-state index in [1.807, 2.05) is 12.1 Å². The van der Waals surface area contributed by atoms with E-state index in [9.17, 15) is 28.8 Å². The van der Waals surface area contributed by atoms with Gasteiger partial charge < -0.3 is 30.3 Å². The molecule has 50 heavy (non-hydrogen) atoms. The van der Waals surface area contributed by atoms with Crippen molar-refractivity contribution in [1.29, 1.82) is 0 Å². The predicted molar refractivity (Wildman–Crippen MR) is 187 cm³/mol. The number of nitrogens with zero attached hydrogens (tertiary/aromatic N) is 1. The van der Waals surface area contributed by atoms with E-state index in [0.29, 0.717) is 28.9 Å². The quantitative estimate of drug-likeness (QED) is 0.221. The van der Waals surface area contributed by atoms with E-state index in [2.05, 4.69) is 35.1 Å². The van der Waals surface area contributed by atoms with Crippen LogP contribution in [0.1, 0.15) is 81.3 Å². The molecule has 12 nitrogen and oxygen atoms in total. The molecule has 3 aromatic rings. The Kier molecular flexibility index (Phi) is 10.00. The molecule has 2 heterocycles. The molecule has 266 valence electrons. The molecule has 4 N–H and O–H groups in total. The highest BCUT2D eigenvalue weighted by atomic mass is 16.3. The van der Waals surface area contributed by atoms with Gasteiger partial charge in [-0.2, -0.15) is 0 Å². The fourth-order valence-electron chi connectivity index (χ4n) is 9.03. The first-order valence-corrected chi connectivity index (χ1v) is 17.7. The molecule has 3 fully saturated rings. The summed E-state index contributed by atoms with van der Waals surface area (Å²) in [6.07, 6.45) is 7.87. The number of carbonyl (C=O) groups excluding carboxylic acids is 5. The summed E-state index contributed by atoms with van der Waals surface area (Å²) < 4.78 is 7.00. The van der Waals surface area contributed by atoms with Crippen LogP contribution in [0.25, 0.3) is 11.0 Å². The number of para-hydroxylation sites is 1. The van der Waals surface area contributed by atoms with Crippen molar-refractivity contribution in [2.45, 2.75) is 90.3 Å². The van der Waals surface area contributed by atoms with E-state index >= 15 is 0 Å². The number of pyridine rings is 1. The van der Waals surface area contributed by atoms with Crippen LogP contribution in [0.3, 0.4) is 0 Å². The average molecular weight is 686 g/mol. The van der Waals surface area contributed by atoms with Crippen molar-refractivity contribution >= 4 is 46.1 Å². The molecule has 6 rings (SSSR count). The number of hydrogen-bond acceptors (Lipinski definition) is 7. The number of amides is 4. The lowest BCUT2D eigenvalue weighted by Crippen LogP contribution is -2.57. The lowest BCUT2D eigenvalue weighted by atomic mass is 9.51. The van der Waals surface area contributed by atoms with Crippen LogP contribution in [0.2, 0.25) is 0 Å². The second-order valence-corrected chi connectivity index (χ2v) is 15.0. The second kappa shape index (κ2) is 14.2. The van der Waals surface area contributed by atoms with Crippen molar-refractivity contribution in [1.82, 2.24) is 20.5 Å². The fourth-order valence-corrected chi connectivity index (χ4v) is 9.03. The van der Waals surface area contributed by atoms with Crippen LogP contribution in [-0.2, 0) is 25.7 Å². The van der Waals surface area contributed by atoms with E-state index in [1.54, 1.807) is 25.1 Å². The van der Waals surface area contributed by atoms with Crippen LogP contribution >= 0.6 is 0 Å². The molecule has 0 aliphatic heterocycles. The number of anilines is 1. The molecule has 3 aliphatic rings. The van der Waals surface area contributed by atoms with Crippen LogP contribution in [0.15, 0.2) is 51.8 Å². The Labute approximate surface area is 291 Å². The topological polar surface area (TPSA) is 169 Å². The van der Waals surface area contributed by atoms with Gasteiger partial charge in [-0.1, -0.05) is 31.5 Å².